The highest BCUT2D eigenvalue weighted by Gasteiger charge is 2.59. The van der Waals surface area contributed by atoms with E-state index in [2.05, 4.69) is 4.98 Å². The number of hydrogen-bond donors (Lipinski definition) is 1. The number of carbonyl (C=O) groups excluding carboxylic acids is 3. The lowest BCUT2D eigenvalue weighted by molar-refractivity contribution is -0.135. The van der Waals surface area contributed by atoms with Gasteiger partial charge in [0.05, 0.1) is 6.61 Å². The lowest BCUT2D eigenvalue weighted by Gasteiger charge is -2.36. The zero-order valence-corrected chi connectivity index (χ0v) is 18.5. The standard InChI is InChI=1S/C24H30N4O4/c1-2-32-23(31)28-13-11-27(12-14-28)22(30)19-16-24(19)6-9-26(10-7-24)21(29)18-3-4-20-17(15-18)5-8-25-20/h3-5,8,15,19,25H,2,6-7,9-14,16H2,1H3. The van der Waals surface area contributed by atoms with E-state index >= 15 is 0 Å². The third-order valence-corrected chi connectivity index (χ3v) is 7.45. The van der Waals surface area contributed by atoms with E-state index in [1.165, 1.54) is 0 Å². The SMILES string of the molecule is CCOC(=O)N1CCN(C(=O)C2CC23CCN(C(=O)c2ccc4[nH]ccc4c2)CC3)CC1. The summed E-state index contributed by atoms with van der Waals surface area (Å²) < 4.78 is 5.05. The maximum absolute atomic E-state index is 13.1. The summed E-state index contributed by atoms with van der Waals surface area (Å²) in [4.78, 5) is 46.6. The molecule has 1 N–H and O–H groups in total. The van der Waals surface area contributed by atoms with Crippen molar-refractivity contribution >= 4 is 28.8 Å². The van der Waals surface area contributed by atoms with Crippen LogP contribution >= 0.6 is 0 Å². The van der Waals surface area contributed by atoms with E-state index in [9.17, 15) is 14.4 Å². The van der Waals surface area contributed by atoms with Crippen molar-refractivity contribution in [3.8, 4) is 0 Å². The van der Waals surface area contributed by atoms with Crippen LogP contribution in [-0.2, 0) is 9.53 Å². The molecule has 3 aliphatic rings. The van der Waals surface area contributed by atoms with Crippen LogP contribution in [0.15, 0.2) is 30.5 Å². The van der Waals surface area contributed by atoms with Crippen molar-refractivity contribution in [3.05, 3.63) is 36.0 Å². The number of benzene rings is 1. The first-order valence-corrected chi connectivity index (χ1v) is 11.6. The predicted octanol–water partition coefficient (Wildman–Crippen LogP) is 2.71. The number of aromatic amines is 1. The van der Waals surface area contributed by atoms with Gasteiger partial charge in [0, 0.05) is 67.8 Å². The summed E-state index contributed by atoms with van der Waals surface area (Å²) in [6, 6.07) is 7.75. The second-order valence-corrected chi connectivity index (χ2v) is 9.20. The number of ether oxygens (including phenoxy) is 1. The van der Waals surface area contributed by atoms with Crippen molar-refractivity contribution in [2.45, 2.75) is 26.2 Å². The number of hydrogen-bond acceptors (Lipinski definition) is 4. The fraction of sp³-hybridized carbons (Fsp3) is 0.542. The molecule has 0 radical (unpaired) electrons. The molecule has 170 valence electrons. The third kappa shape index (κ3) is 3.72. The molecule has 1 aromatic heterocycles. The number of nitrogens with one attached hydrogen (secondary N) is 1. The Morgan fingerprint density at radius 2 is 1.72 bits per heavy atom. The second-order valence-electron chi connectivity index (χ2n) is 9.20. The largest absolute Gasteiger partial charge is 0.450 e. The lowest BCUT2D eigenvalue weighted by Crippen LogP contribution is -2.51. The zero-order valence-electron chi connectivity index (χ0n) is 18.5. The minimum absolute atomic E-state index is 0.0523. The zero-order chi connectivity index (χ0) is 22.3. The number of aromatic nitrogens is 1. The van der Waals surface area contributed by atoms with Crippen LogP contribution in [0.3, 0.4) is 0 Å². The topological polar surface area (TPSA) is 85.9 Å². The van der Waals surface area contributed by atoms with Gasteiger partial charge < -0.3 is 24.4 Å². The molecule has 0 bridgehead atoms. The van der Waals surface area contributed by atoms with Crippen LogP contribution in [0, 0.1) is 11.3 Å². The van der Waals surface area contributed by atoms with Crippen LogP contribution < -0.4 is 0 Å². The molecule has 3 fully saturated rings. The summed E-state index contributed by atoms with van der Waals surface area (Å²) in [5, 5.41) is 1.04. The minimum Gasteiger partial charge on any atom is -0.450 e. The number of H-pyrrole nitrogens is 1. The molecule has 1 spiro atoms. The molecule has 1 unspecified atom stereocenters. The fourth-order valence-electron chi connectivity index (χ4n) is 5.32. The summed E-state index contributed by atoms with van der Waals surface area (Å²) in [5.74, 6) is 0.345. The Balaban J connectivity index is 1.13. The average Bonchev–Trinajstić information content (AvgIpc) is 3.30. The van der Waals surface area contributed by atoms with Crippen molar-refractivity contribution in [2.24, 2.45) is 11.3 Å². The number of piperidine rings is 1. The van der Waals surface area contributed by atoms with Gasteiger partial charge in [0.25, 0.3) is 5.91 Å². The van der Waals surface area contributed by atoms with Gasteiger partial charge in [-0.1, -0.05) is 0 Å². The molecule has 32 heavy (non-hydrogen) atoms. The number of rotatable bonds is 3. The molecular formula is C24H30N4O4. The molecule has 2 aliphatic heterocycles. The Hall–Kier alpha value is -3.03. The summed E-state index contributed by atoms with van der Waals surface area (Å²) in [6.07, 6.45) is 4.26. The molecule has 1 aromatic carbocycles. The van der Waals surface area contributed by atoms with Gasteiger partial charge in [0.15, 0.2) is 0 Å². The molecule has 3 amide bonds. The predicted molar refractivity (Wildman–Crippen MR) is 119 cm³/mol. The van der Waals surface area contributed by atoms with Gasteiger partial charge >= 0.3 is 6.09 Å². The number of likely N-dealkylation sites (tertiary alicyclic amines) is 1. The van der Waals surface area contributed by atoms with E-state index in [4.69, 9.17) is 4.74 Å². The van der Waals surface area contributed by atoms with Gasteiger partial charge in [-0.2, -0.15) is 0 Å². The Morgan fingerprint density at radius 1 is 1.00 bits per heavy atom. The molecule has 3 heterocycles. The molecule has 2 aromatic rings. The Labute approximate surface area is 187 Å². The highest BCUT2D eigenvalue weighted by molar-refractivity contribution is 5.98. The third-order valence-electron chi connectivity index (χ3n) is 7.45. The first-order valence-electron chi connectivity index (χ1n) is 11.6. The Kier molecular flexibility index (Phi) is 5.31. The maximum Gasteiger partial charge on any atom is 0.409 e. The van der Waals surface area contributed by atoms with E-state index in [0.717, 1.165) is 35.7 Å². The van der Waals surface area contributed by atoms with E-state index in [1.54, 1.807) is 11.8 Å². The molecule has 1 atom stereocenters. The highest BCUT2D eigenvalue weighted by atomic mass is 16.6. The Morgan fingerprint density at radius 3 is 2.44 bits per heavy atom. The van der Waals surface area contributed by atoms with E-state index in [0.29, 0.717) is 45.9 Å². The van der Waals surface area contributed by atoms with Crippen molar-refractivity contribution in [1.29, 1.82) is 0 Å². The van der Waals surface area contributed by atoms with Crippen molar-refractivity contribution in [2.75, 3.05) is 45.9 Å². The monoisotopic (exact) mass is 438 g/mol. The minimum atomic E-state index is -0.296. The molecule has 8 heteroatoms. The van der Waals surface area contributed by atoms with Crippen LogP contribution in [0.2, 0.25) is 0 Å². The molecule has 5 rings (SSSR count). The number of nitrogens with zero attached hydrogens (tertiary/aromatic N) is 3. The van der Waals surface area contributed by atoms with Crippen LogP contribution in [0.1, 0.15) is 36.5 Å². The van der Waals surface area contributed by atoms with Gasteiger partial charge in [0.1, 0.15) is 0 Å². The van der Waals surface area contributed by atoms with Crippen molar-refractivity contribution < 1.29 is 19.1 Å². The smallest absolute Gasteiger partial charge is 0.409 e. The normalized spacial score (nSPS) is 22.3. The van der Waals surface area contributed by atoms with Gasteiger partial charge in [-0.3, -0.25) is 9.59 Å². The molecule has 8 nitrogen and oxygen atoms in total. The van der Waals surface area contributed by atoms with E-state index in [-0.39, 0.29) is 29.2 Å². The van der Waals surface area contributed by atoms with Gasteiger partial charge in [-0.05, 0) is 55.9 Å². The molecular weight excluding hydrogens is 408 g/mol. The summed E-state index contributed by atoms with van der Waals surface area (Å²) in [5.41, 5.74) is 1.80. The van der Waals surface area contributed by atoms with Crippen LogP contribution in [0.25, 0.3) is 10.9 Å². The second kappa shape index (κ2) is 8.15. The van der Waals surface area contributed by atoms with E-state index < -0.39 is 0 Å². The van der Waals surface area contributed by atoms with Gasteiger partial charge in [-0.15, -0.1) is 0 Å². The van der Waals surface area contributed by atoms with E-state index in [1.807, 2.05) is 40.3 Å². The summed E-state index contributed by atoms with van der Waals surface area (Å²) in [6.45, 7) is 5.74. The van der Waals surface area contributed by atoms with Crippen LogP contribution in [0.4, 0.5) is 4.79 Å². The summed E-state index contributed by atoms with van der Waals surface area (Å²) in [7, 11) is 0. The first-order chi connectivity index (χ1) is 15.5. The molecule has 2 saturated heterocycles. The van der Waals surface area contributed by atoms with Crippen molar-refractivity contribution in [1.82, 2.24) is 19.7 Å². The quantitative estimate of drug-likeness (QED) is 0.798. The lowest BCUT2D eigenvalue weighted by atomic mass is 9.90. The van der Waals surface area contributed by atoms with Crippen LogP contribution in [-0.4, -0.2) is 83.5 Å². The number of fused-ring (bicyclic) bond motifs is 1. The van der Waals surface area contributed by atoms with Gasteiger partial charge in [0.2, 0.25) is 5.91 Å². The van der Waals surface area contributed by atoms with Crippen molar-refractivity contribution in [3.63, 3.8) is 0 Å². The Bertz CT molecular complexity index is 1030. The number of carbonyl (C=O) groups is 3. The van der Waals surface area contributed by atoms with Gasteiger partial charge in [-0.25, -0.2) is 4.79 Å². The highest BCUT2D eigenvalue weighted by Crippen LogP contribution is 2.60. The number of amides is 3. The maximum atomic E-state index is 13.1. The van der Waals surface area contributed by atoms with Crippen LogP contribution in [0.5, 0.6) is 0 Å². The number of piperazine rings is 1. The molecule has 1 saturated carbocycles. The molecule has 1 aliphatic carbocycles. The summed E-state index contributed by atoms with van der Waals surface area (Å²) >= 11 is 0. The fourth-order valence-corrected chi connectivity index (χ4v) is 5.32. The first kappa shape index (κ1) is 20.8. The average molecular weight is 439 g/mol.